The Morgan fingerprint density at radius 2 is 2.02 bits per heavy atom. The zero-order valence-electron chi connectivity index (χ0n) is 27.2. The molecule has 6 rings (SSSR count). The van der Waals surface area contributed by atoms with Crippen molar-refractivity contribution in [1.82, 2.24) is 29.3 Å². The first-order valence-electron chi connectivity index (χ1n) is 16.1. The molecule has 4 heterocycles. The fraction of sp³-hybridized carbons (Fsp3) is 0.500. The standard InChI is InChI=1S/C34H44N8O3Se/c1-34(2,3)45-33(43)41(17-23-8-7-9-23)19-24-11-12-31-36-25(20-40(31)18-24)21-42-22-30(38-39-42)27-14-26(46-4)15-29(28(27)16-35)37-32-10-5-6-13-44-32/h11-12,14-16,18,20,22-23,32,35,37H,5-10,13,17,19,21H2,1-4H3. The number of aromatic nitrogens is 5. The molecule has 46 heavy (non-hydrogen) atoms. The van der Waals surface area contributed by atoms with Crippen molar-refractivity contribution in [3.63, 3.8) is 0 Å². The Kier molecular flexibility index (Phi) is 9.77. The zero-order chi connectivity index (χ0) is 32.3. The van der Waals surface area contributed by atoms with Gasteiger partial charge >= 0.3 is 198 Å². The van der Waals surface area contributed by atoms with Crippen LogP contribution in [0.25, 0.3) is 16.9 Å². The molecule has 2 N–H and O–H groups in total. The van der Waals surface area contributed by atoms with Gasteiger partial charge in [-0.3, -0.25) is 0 Å². The van der Waals surface area contributed by atoms with Crippen molar-refractivity contribution < 1.29 is 14.3 Å². The van der Waals surface area contributed by atoms with Gasteiger partial charge in [0.2, 0.25) is 0 Å². The van der Waals surface area contributed by atoms with E-state index in [4.69, 9.17) is 19.9 Å². The van der Waals surface area contributed by atoms with Crippen LogP contribution in [0.5, 0.6) is 0 Å². The van der Waals surface area contributed by atoms with Gasteiger partial charge in [0.1, 0.15) is 5.60 Å². The van der Waals surface area contributed by atoms with Crippen LogP contribution in [0.3, 0.4) is 0 Å². The number of pyridine rings is 1. The Morgan fingerprint density at radius 3 is 2.72 bits per heavy atom. The van der Waals surface area contributed by atoms with Gasteiger partial charge in [0.05, 0.1) is 6.54 Å². The number of hydrogen-bond acceptors (Lipinski definition) is 8. The predicted molar refractivity (Wildman–Crippen MR) is 180 cm³/mol. The molecule has 2 fully saturated rings. The van der Waals surface area contributed by atoms with Crippen LogP contribution in [-0.2, 0) is 22.6 Å². The maximum absolute atomic E-state index is 13.0. The first-order chi connectivity index (χ1) is 22.2. The average molecular weight is 692 g/mol. The van der Waals surface area contributed by atoms with Gasteiger partial charge in [-0.2, -0.15) is 0 Å². The molecule has 1 aromatic carbocycles. The molecule has 11 nitrogen and oxygen atoms in total. The Labute approximate surface area is 276 Å². The monoisotopic (exact) mass is 692 g/mol. The van der Waals surface area contributed by atoms with E-state index in [0.29, 0.717) is 25.6 Å². The number of imidazole rings is 1. The Balaban J connectivity index is 1.19. The van der Waals surface area contributed by atoms with Gasteiger partial charge in [-0.1, -0.05) is 6.42 Å². The van der Waals surface area contributed by atoms with Gasteiger partial charge in [0.25, 0.3) is 0 Å². The van der Waals surface area contributed by atoms with Crippen molar-refractivity contribution in [3.8, 4) is 11.3 Å². The van der Waals surface area contributed by atoms with Crippen molar-refractivity contribution >= 4 is 43.1 Å². The number of carbonyl (C=O) groups excluding carboxylic acids is 1. The van der Waals surface area contributed by atoms with Crippen molar-refractivity contribution in [2.75, 3.05) is 18.5 Å². The van der Waals surface area contributed by atoms with Crippen molar-refractivity contribution in [2.24, 2.45) is 5.92 Å². The number of nitrogens with zero attached hydrogens (tertiary/aromatic N) is 6. The van der Waals surface area contributed by atoms with Gasteiger partial charge in [-0.25, -0.2) is 4.79 Å². The Morgan fingerprint density at radius 1 is 1.17 bits per heavy atom. The number of rotatable bonds is 11. The second-order valence-electron chi connectivity index (χ2n) is 13.3. The Hall–Kier alpha value is -3.73. The van der Waals surface area contributed by atoms with Crippen LogP contribution >= 0.6 is 0 Å². The second-order valence-corrected chi connectivity index (χ2v) is 15.1. The predicted octanol–water partition coefficient (Wildman–Crippen LogP) is 5.49. The molecule has 1 aliphatic heterocycles. The van der Waals surface area contributed by atoms with Crippen molar-refractivity contribution in [1.29, 1.82) is 5.41 Å². The average Bonchev–Trinajstić information content (AvgIpc) is 3.64. The molecule has 0 spiro atoms. The topological polar surface area (TPSA) is 123 Å². The molecule has 0 radical (unpaired) electrons. The molecule has 12 heteroatoms. The normalized spacial score (nSPS) is 17.1. The molecule has 1 aliphatic carbocycles. The van der Waals surface area contributed by atoms with Crippen LogP contribution in [0.1, 0.15) is 76.1 Å². The van der Waals surface area contributed by atoms with Crippen LogP contribution in [0.4, 0.5) is 10.5 Å². The number of hydrogen-bond donors (Lipinski definition) is 2. The summed E-state index contributed by atoms with van der Waals surface area (Å²) in [5.41, 5.74) is 5.45. The van der Waals surface area contributed by atoms with Crippen LogP contribution < -0.4 is 9.78 Å². The molecule has 1 unspecified atom stereocenters. The Bertz CT molecular complexity index is 1680. The molecule has 2 aliphatic rings. The molecule has 4 aromatic rings. The summed E-state index contributed by atoms with van der Waals surface area (Å²) in [5.74, 6) is 2.73. The first kappa shape index (κ1) is 32.2. The number of benzene rings is 1. The quantitative estimate of drug-likeness (QED) is 0.158. The van der Waals surface area contributed by atoms with Crippen molar-refractivity contribution in [2.45, 2.75) is 90.0 Å². The van der Waals surface area contributed by atoms with Crippen LogP contribution in [0.2, 0.25) is 5.82 Å². The van der Waals surface area contributed by atoms with Gasteiger partial charge in [0.15, 0.2) is 0 Å². The molecular weight excluding hydrogens is 647 g/mol. The van der Waals surface area contributed by atoms with Gasteiger partial charge in [-0.05, 0) is 39.5 Å². The SMILES string of the molecule is C[Se]c1cc(NC2CCCCO2)c(C=N)c(-c2cn(Cc3cn4cc(CN(CC5CCC5)C(=O)OC(C)(C)C)ccc4n3)nn2)c1. The number of amides is 1. The third-order valence-corrected chi connectivity index (χ3v) is 9.94. The molecular formula is C34H44N8O3Se. The number of anilines is 1. The summed E-state index contributed by atoms with van der Waals surface area (Å²) in [5, 5.41) is 20.7. The minimum absolute atomic E-state index is 0.0470. The van der Waals surface area contributed by atoms with E-state index in [1.54, 1.807) is 4.68 Å². The van der Waals surface area contributed by atoms with E-state index >= 15 is 0 Å². The summed E-state index contributed by atoms with van der Waals surface area (Å²) in [4.78, 5) is 19.7. The summed E-state index contributed by atoms with van der Waals surface area (Å²) >= 11 is 0.270. The van der Waals surface area contributed by atoms with Crippen LogP contribution in [-0.4, -0.2) is 81.5 Å². The van der Waals surface area contributed by atoms with E-state index in [-0.39, 0.29) is 27.3 Å². The number of carbonyl (C=O) groups is 1. The van der Waals surface area contributed by atoms with E-state index in [0.717, 1.165) is 78.1 Å². The number of fused-ring (bicyclic) bond motifs is 1. The molecule has 1 saturated heterocycles. The summed E-state index contributed by atoms with van der Waals surface area (Å²) in [6.45, 7) is 8.12. The molecule has 1 amide bonds. The van der Waals surface area contributed by atoms with Gasteiger partial charge in [0, 0.05) is 6.54 Å². The molecule has 3 aromatic heterocycles. The number of nitrogens with one attached hydrogen (secondary N) is 2. The summed E-state index contributed by atoms with van der Waals surface area (Å²) in [6.07, 6.45) is 13.8. The fourth-order valence-electron chi connectivity index (χ4n) is 5.92. The van der Waals surface area contributed by atoms with E-state index < -0.39 is 5.60 Å². The van der Waals surface area contributed by atoms with Crippen LogP contribution in [0.15, 0.2) is 42.9 Å². The molecule has 0 bridgehead atoms. The third kappa shape index (κ3) is 7.79. The summed E-state index contributed by atoms with van der Waals surface area (Å²) in [7, 11) is 0. The first-order valence-corrected chi connectivity index (χ1v) is 18.7. The fourth-order valence-corrected chi connectivity index (χ4v) is 6.91. The van der Waals surface area contributed by atoms with E-state index in [1.807, 2.05) is 60.8 Å². The molecule has 1 saturated carbocycles. The van der Waals surface area contributed by atoms with Crippen LogP contribution in [0, 0.1) is 11.3 Å². The summed E-state index contributed by atoms with van der Waals surface area (Å²) < 4.78 is 16.7. The number of ether oxygens (including phenoxy) is 2. The van der Waals surface area contributed by atoms with Crippen molar-refractivity contribution in [3.05, 3.63) is 59.7 Å². The van der Waals surface area contributed by atoms with E-state index in [1.165, 1.54) is 17.1 Å². The van der Waals surface area contributed by atoms with E-state index in [2.05, 4.69) is 33.6 Å². The van der Waals surface area contributed by atoms with Gasteiger partial charge in [-0.15, -0.1) is 0 Å². The third-order valence-electron chi connectivity index (χ3n) is 8.46. The van der Waals surface area contributed by atoms with E-state index in [9.17, 15) is 4.79 Å². The minimum atomic E-state index is -0.539. The molecule has 244 valence electrons. The second kappa shape index (κ2) is 13.9. The van der Waals surface area contributed by atoms with Gasteiger partial charge < -0.3 is 9.64 Å². The zero-order valence-corrected chi connectivity index (χ0v) is 28.9. The molecule has 1 atom stereocenters. The summed E-state index contributed by atoms with van der Waals surface area (Å²) in [6, 6.07) is 8.28. The maximum atomic E-state index is 13.0.